The molecular formula is C21H18N4O6. The molecule has 0 aliphatic carbocycles. The largest absolute Gasteiger partial charge is 0.488 e. The van der Waals surface area contributed by atoms with Crippen LogP contribution in [0.1, 0.15) is 17.0 Å². The summed E-state index contributed by atoms with van der Waals surface area (Å²) >= 11 is 0. The van der Waals surface area contributed by atoms with Crippen LogP contribution in [0.4, 0.5) is 11.4 Å². The molecule has 0 radical (unpaired) electrons. The summed E-state index contributed by atoms with van der Waals surface area (Å²) < 4.78 is 5.46. The molecule has 1 aromatic heterocycles. The average Bonchev–Trinajstić information content (AvgIpc) is 2.72. The van der Waals surface area contributed by atoms with Gasteiger partial charge in [0.1, 0.15) is 11.6 Å². The summed E-state index contributed by atoms with van der Waals surface area (Å²) in [6.45, 7) is 1.80. The zero-order valence-electron chi connectivity index (χ0n) is 16.4. The Labute approximate surface area is 176 Å². The Kier molecular flexibility index (Phi) is 6.41. The number of benzene rings is 2. The van der Waals surface area contributed by atoms with E-state index < -0.39 is 22.0 Å². The van der Waals surface area contributed by atoms with Crippen LogP contribution < -0.4 is 15.6 Å². The first kappa shape index (κ1) is 21.2. The fraction of sp³-hybridized carbons (Fsp3) is 0.0952. The van der Waals surface area contributed by atoms with Gasteiger partial charge in [-0.1, -0.05) is 35.9 Å². The topological polar surface area (TPSA) is 147 Å². The fourth-order valence-electron chi connectivity index (χ4n) is 2.55. The molecule has 158 valence electrons. The number of anilines is 1. The number of rotatable bonds is 7. The van der Waals surface area contributed by atoms with E-state index in [1.54, 1.807) is 42.5 Å². The van der Waals surface area contributed by atoms with Crippen molar-refractivity contribution in [1.82, 2.24) is 9.97 Å². The highest BCUT2D eigenvalue weighted by Gasteiger charge is 2.21. The van der Waals surface area contributed by atoms with Gasteiger partial charge in [-0.3, -0.25) is 19.7 Å². The van der Waals surface area contributed by atoms with Crippen LogP contribution in [0.3, 0.4) is 0 Å². The number of hydrogen-bond donors (Lipinski definition) is 3. The molecule has 0 saturated heterocycles. The maximum Gasteiger partial charge on any atom is 0.395 e. The summed E-state index contributed by atoms with van der Waals surface area (Å²) in [5.74, 6) is -0.807. The van der Waals surface area contributed by atoms with Crippen molar-refractivity contribution >= 4 is 29.4 Å². The quantitative estimate of drug-likeness (QED) is 0.392. The monoisotopic (exact) mass is 422 g/mol. The number of aromatic hydroxyl groups is 1. The van der Waals surface area contributed by atoms with Crippen LogP contribution in [0.2, 0.25) is 0 Å². The lowest BCUT2D eigenvalue weighted by atomic mass is 10.2. The summed E-state index contributed by atoms with van der Waals surface area (Å²) in [7, 11) is 0. The van der Waals surface area contributed by atoms with Gasteiger partial charge in [0.15, 0.2) is 6.61 Å². The maximum atomic E-state index is 12.0. The van der Waals surface area contributed by atoms with E-state index >= 15 is 0 Å². The van der Waals surface area contributed by atoms with Gasteiger partial charge >= 0.3 is 11.2 Å². The highest BCUT2D eigenvalue weighted by atomic mass is 16.6. The van der Waals surface area contributed by atoms with Crippen molar-refractivity contribution in [3.8, 4) is 11.6 Å². The number of aromatic amines is 1. The van der Waals surface area contributed by atoms with Gasteiger partial charge in [0.2, 0.25) is 0 Å². The van der Waals surface area contributed by atoms with Crippen LogP contribution in [0, 0.1) is 17.0 Å². The zero-order valence-corrected chi connectivity index (χ0v) is 16.4. The number of aromatic nitrogens is 2. The number of ether oxygens (including phenoxy) is 1. The Morgan fingerprint density at radius 3 is 2.48 bits per heavy atom. The third-order valence-electron chi connectivity index (χ3n) is 4.10. The highest BCUT2D eigenvalue weighted by molar-refractivity contribution is 5.91. The smallest absolute Gasteiger partial charge is 0.395 e. The Hall–Kier alpha value is -4.47. The summed E-state index contributed by atoms with van der Waals surface area (Å²) in [6.07, 6.45) is 2.97. The number of carbonyl (C=O) groups is 1. The molecule has 3 N–H and O–H groups in total. The van der Waals surface area contributed by atoms with Crippen LogP contribution in [0.25, 0.3) is 12.2 Å². The van der Waals surface area contributed by atoms with Gasteiger partial charge in [0.25, 0.3) is 11.8 Å². The molecule has 2 aromatic carbocycles. The number of H-pyrrole nitrogens is 1. The molecule has 0 unspecified atom stereocenters. The second-order valence-electron chi connectivity index (χ2n) is 6.49. The predicted molar refractivity (Wildman–Crippen MR) is 114 cm³/mol. The number of nitrogens with zero attached hydrogens (tertiary/aromatic N) is 2. The molecule has 10 nitrogen and oxygen atoms in total. The van der Waals surface area contributed by atoms with Gasteiger partial charge in [-0.2, -0.15) is 4.98 Å². The van der Waals surface area contributed by atoms with Crippen LogP contribution in [-0.4, -0.2) is 32.5 Å². The maximum absolute atomic E-state index is 12.0. The van der Waals surface area contributed by atoms with E-state index in [-0.39, 0.29) is 18.3 Å². The molecule has 10 heteroatoms. The van der Waals surface area contributed by atoms with Crippen molar-refractivity contribution in [2.75, 3.05) is 11.9 Å². The van der Waals surface area contributed by atoms with E-state index in [9.17, 15) is 24.8 Å². The van der Waals surface area contributed by atoms with Gasteiger partial charge < -0.3 is 20.1 Å². The molecule has 0 aliphatic rings. The SMILES string of the molecule is Cc1ccc(NC(=O)COc2ccc(/C=C\c3nc(O)c([N+](=O)[O-])c(=O)[nH]3)cc2)cc1. The molecule has 0 atom stereocenters. The van der Waals surface area contributed by atoms with Crippen LogP contribution in [-0.2, 0) is 4.79 Å². The first-order chi connectivity index (χ1) is 14.8. The second kappa shape index (κ2) is 9.35. The molecule has 3 aromatic rings. The lowest BCUT2D eigenvalue weighted by molar-refractivity contribution is -0.387. The van der Waals surface area contributed by atoms with Crippen molar-refractivity contribution in [2.24, 2.45) is 0 Å². The minimum absolute atomic E-state index is 0.0406. The number of amides is 1. The summed E-state index contributed by atoms with van der Waals surface area (Å²) in [5, 5.41) is 23.0. The molecule has 0 fully saturated rings. The first-order valence-electron chi connectivity index (χ1n) is 9.07. The minimum atomic E-state index is -1.05. The van der Waals surface area contributed by atoms with Crippen LogP contribution in [0.15, 0.2) is 53.3 Å². The number of aryl methyl sites for hydroxylation is 1. The van der Waals surface area contributed by atoms with E-state index in [1.807, 2.05) is 19.1 Å². The van der Waals surface area contributed by atoms with Crippen molar-refractivity contribution < 1.29 is 19.6 Å². The van der Waals surface area contributed by atoms with Gasteiger partial charge in [-0.25, -0.2) is 0 Å². The fourth-order valence-corrected chi connectivity index (χ4v) is 2.55. The molecule has 0 bridgehead atoms. The zero-order chi connectivity index (χ0) is 22.4. The Bertz CT molecular complexity index is 1180. The van der Waals surface area contributed by atoms with E-state index in [1.165, 1.54) is 6.08 Å². The molecule has 31 heavy (non-hydrogen) atoms. The third kappa shape index (κ3) is 5.76. The van der Waals surface area contributed by atoms with Crippen molar-refractivity contribution in [2.45, 2.75) is 6.92 Å². The van der Waals surface area contributed by atoms with Crippen molar-refractivity contribution in [1.29, 1.82) is 0 Å². The van der Waals surface area contributed by atoms with E-state index in [2.05, 4.69) is 15.3 Å². The van der Waals surface area contributed by atoms with Gasteiger partial charge in [-0.15, -0.1) is 0 Å². The van der Waals surface area contributed by atoms with Crippen molar-refractivity contribution in [3.05, 3.63) is 86.0 Å². The number of carbonyl (C=O) groups excluding carboxylic acids is 1. The Balaban J connectivity index is 1.57. The molecular weight excluding hydrogens is 404 g/mol. The summed E-state index contributed by atoms with van der Waals surface area (Å²) in [5.41, 5.74) is 0.423. The standard InChI is InChI=1S/C21H18N4O6/c1-13-2-7-15(8-3-13)22-18(26)12-31-16-9-4-14(5-10-16)6-11-17-23-20(27)19(25(29)30)21(28)24-17/h2-11H,12H2,1H3,(H,22,26)(H2,23,24,27,28)/b11-6-. The van der Waals surface area contributed by atoms with Crippen molar-refractivity contribution in [3.63, 3.8) is 0 Å². The van der Waals surface area contributed by atoms with Gasteiger partial charge in [0.05, 0.1) is 4.92 Å². The minimum Gasteiger partial charge on any atom is -0.488 e. The number of hydrogen-bond acceptors (Lipinski definition) is 7. The molecule has 0 aliphatic heterocycles. The summed E-state index contributed by atoms with van der Waals surface area (Å²) in [6, 6.07) is 14.1. The average molecular weight is 422 g/mol. The highest BCUT2D eigenvalue weighted by Crippen LogP contribution is 2.18. The van der Waals surface area contributed by atoms with E-state index in [0.717, 1.165) is 5.56 Å². The lowest BCUT2D eigenvalue weighted by Gasteiger charge is -2.08. The molecule has 1 amide bonds. The van der Waals surface area contributed by atoms with Gasteiger partial charge in [0, 0.05) is 5.69 Å². The molecule has 0 spiro atoms. The van der Waals surface area contributed by atoms with E-state index in [4.69, 9.17) is 4.74 Å². The second-order valence-corrected chi connectivity index (χ2v) is 6.49. The first-order valence-corrected chi connectivity index (χ1v) is 9.07. The third-order valence-corrected chi connectivity index (χ3v) is 4.10. The molecule has 1 heterocycles. The Morgan fingerprint density at radius 2 is 1.87 bits per heavy atom. The molecule has 3 rings (SSSR count). The van der Waals surface area contributed by atoms with E-state index in [0.29, 0.717) is 17.0 Å². The number of nitro groups is 1. The predicted octanol–water partition coefficient (Wildman–Crippen LogP) is 2.88. The number of nitrogens with one attached hydrogen (secondary N) is 2. The summed E-state index contributed by atoms with van der Waals surface area (Å²) in [4.78, 5) is 39.1. The Morgan fingerprint density at radius 1 is 1.19 bits per heavy atom. The molecule has 0 saturated carbocycles. The van der Waals surface area contributed by atoms with Crippen LogP contribution in [0.5, 0.6) is 11.6 Å². The van der Waals surface area contributed by atoms with Gasteiger partial charge in [-0.05, 0) is 42.8 Å². The normalized spacial score (nSPS) is 10.7. The lowest BCUT2D eigenvalue weighted by Crippen LogP contribution is -2.20. The van der Waals surface area contributed by atoms with Crippen LogP contribution >= 0.6 is 0 Å².